The van der Waals surface area contributed by atoms with Crippen LogP contribution in [0.1, 0.15) is 42.4 Å². The van der Waals surface area contributed by atoms with Crippen molar-refractivity contribution in [3.63, 3.8) is 0 Å². The van der Waals surface area contributed by atoms with Crippen LogP contribution in [-0.2, 0) is 11.2 Å². The number of rotatable bonds is 4. The third kappa shape index (κ3) is 3.78. The second-order valence-corrected chi connectivity index (χ2v) is 8.90. The summed E-state index contributed by atoms with van der Waals surface area (Å²) in [5.74, 6) is 0.525. The molecule has 154 valence electrons. The molecule has 0 fully saturated rings. The molecule has 5 heteroatoms. The first-order valence-corrected chi connectivity index (χ1v) is 11.0. The average Bonchev–Trinajstić information content (AvgIpc) is 3.32. The smallest absolute Gasteiger partial charge is 0.221 e. The summed E-state index contributed by atoms with van der Waals surface area (Å²) in [7, 11) is 0. The van der Waals surface area contributed by atoms with Crippen LogP contribution < -0.4 is 5.32 Å². The van der Waals surface area contributed by atoms with Crippen molar-refractivity contribution in [2.75, 3.05) is 25.0 Å². The van der Waals surface area contributed by atoms with Crippen molar-refractivity contribution in [1.29, 1.82) is 0 Å². The summed E-state index contributed by atoms with van der Waals surface area (Å²) >= 11 is 6.12. The van der Waals surface area contributed by atoms with E-state index in [9.17, 15) is 4.79 Å². The Labute approximate surface area is 181 Å². The van der Waals surface area contributed by atoms with Gasteiger partial charge in [0.05, 0.1) is 0 Å². The summed E-state index contributed by atoms with van der Waals surface area (Å²) in [4.78, 5) is 17.3. The van der Waals surface area contributed by atoms with Crippen LogP contribution in [0.25, 0.3) is 16.5 Å². The van der Waals surface area contributed by atoms with Crippen LogP contribution >= 0.6 is 11.6 Å². The van der Waals surface area contributed by atoms with Gasteiger partial charge in [-0.05, 0) is 66.1 Å². The Bertz CT molecular complexity index is 1150. The van der Waals surface area contributed by atoms with E-state index in [4.69, 9.17) is 11.6 Å². The monoisotopic (exact) mass is 419 g/mol. The van der Waals surface area contributed by atoms with Crippen molar-refractivity contribution in [3.8, 4) is 0 Å². The number of carbonyl (C=O) groups is 1. The second kappa shape index (κ2) is 7.93. The summed E-state index contributed by atoms with van der Waals surface area (Å²) in [5.41, 5.74) is 7.56. The molecule has 0 bridgehead atoms. The van der Waals surface area contributed by atoms with Crippen LogP contribution in [-0.4, -0.2) is 35.4 Å². The van der Waals surface area contributed by atoms with E-state index in [1.807, 2.05) is 18.2 Å². The highest BCUT2D eigenvalue weighted by Crippen LogP contribution is 2.37. The fourth-order valence-electron chi connectivity index (χ4n) is 4.96. The zero-order valence-corrected chi connectivity index (χ0v) is 17.9. The van der Waals surface area contributed by atoms with Crippen LogP contribution in [0.3, 0.4) is 0 Å². The number of hydrogen-bond acceptors (Lipinski definition) is 2. The number of H-pyrrole nitrogens is 1. The predicted octanol–water partition coefficient (Wildman–Crippen LogP) is 5.60. The van der Waals surface area contributed by atoms with E-state index in [1.54, 1.807) is 6.92 Å². The van der Waals surface area contributed by atoms with Crippen molar-refractivity contribution in [3.05, 3.63) is 70.4 Å². The normalized spacial score (nSPS) is 19.0. The molecule has 5 rings (SSSR count). The van der Waals surface area contributed by atoms with Gasteiger partial charge in [-0.25, -0.2) is 0 Å². The summed E-state index contributed by atoms with van der Waals surface area (Å²) in [5, 5.41) is 4.93. The minimum Gasteiger partial charge on any atom is -0.361 e. The molecule has 30 heavy (non-hydrogen) atoms. The fraction of sp³-hybridized carbons (Fsp3) is 0.320. The van der Waals surface area contributed by atoms with Crippen LogP contribution in [0.5, 0.6) is 0 Å². The van der Waals surface area contributed by atoms with Crippen molar-refractivity contribution in [2.24, 2.45) is 0 Å². The summed E-state index contributed by atoms with van der Waals surface area (Å²) in [6, 6.07) is 12.4. The molecule has 1 aliphatic heterocycles. The van der Waals surface area contributed by atoms with E-state index in [1.165, 1.54) is 34.1 Å². The number of amides is 1. The SMILES string of the molecule is CC(=O)Nc1ccc2c(c1)C(CN1CC=C(c3c[nH]c4cc(Cl)ccc34)CC1)CC2. The zero-order valence-electron chi connectivity index (χ0n) is 17.2. The molecular weight excluding hydrogens is 394 g/mol. The van der Waals surface area contributed by atoms with E-state index in [2.05, 4.69) is 45.7 Å². The molecule has 4 nitrogen and oxygen atoms in total. The van der Waals surface area contributed by atoms with Crippen molar-refractivity contribution in [1.82, 2.24) is 9.88 Å². The molecule has 1 atom stereocenters. The maximum Gasteiger partial charge on any atom is 0.221 e. The molecule has 1 aliphatic carbocycles. The molecule has 0 saturated carbocycles. The maximum absolute atomic E-state index is 11.4. The van der Waals surface area contributed by atoms with E-state index in [-0.39, 0.29) is 5.91 Å². The molecule has 0 saturated heterocycles. The van der Waals surface area contributed by atoms with Gasteiger partial charge in [0.15, 0.2) is 0 Å². The van der Waals surface area contributed by atoms with E-state index in [0.717, 1.165) is 48.7 Å². The van der Waals surface area contributed by atoms with E-state index in [0.29, 0.717) is 5.92 Å². The number of carbonyl (C=O) groups excluding carboxylic acids is 1. The van der Waals surface area contributed by atoms with Crippen molar-refractivity contribution >= 4 is 39.7 Å². The Hall–Kier alpha value is -2.56. The topological polar surface area (TPSA) is 48.1 Å². The third-order valence-electron chi connectivity index (χ3n) is 6.43. The molecule has 2 aromatic carbocycles. The minimum atomic E-state index is -0.0160. The lowest BCUT2D eigenvalue weighted by atomic mass is 9.96. The van der Waals surface area contributed by atoms with Gasteiger partial charge in [0, 0.05) is 59.9 Å². The number of benzene rings is 2. The predicted molar refractivity (Wildman–Crippen MR) is 124 cm³/mol. The Balaban J connectivity index is 1.29. The molecule has 0 radical (unpaired) electrons. The number of aryl methyl sites for hydroxylation is 1. The fourth-order valence-corrected chi connectivity index (χ4v) is 5.13. The summed E-state index contributed by atoms with van der Waals surface area (Å²) < 4.78 is 0. The highest BCUT2D eigenvalue weighted by molar-refractivity contribution is 6.31. The van der Waals surface area contributed by atoms with Crippen molar-refractivity contribution < 1.29 is 4.79 Å². The molecule has 2 aliphatic rings. The minimum absolute atomic E-state index is 0.0160. The quantitative estimate of drug-likeness (QED) is 0.578. The van der Waals surface area contributed by atoms with Gasteiger partial charge in [-0.3, -0.25) is 9.69 Å². The Kier molecular flexibility index (Phi) is 5.13. The molecule has 2 N–H and O–H groups in total. The third-order valence-corrected chi connectivity index (χ3v) is 6.66. The number of halogens is 1. The number of hydrogen-bond donors (Lipinski definition) is 2. The van der Waals surface area contributed by atoms with Gasteiger partial charge in [0.25, 0.3) is 0 Å². The highest BCUT2D eigenvalue weighted by atomic mass is 35.5. The van der Waals surface area contributed by atoms with Crippen LogP contribution in [0.15, 0.2) is 48.7 Å². The van der Waals surface area contributed by atoms with Crippen molar-refractivity contribution in [2.45, 2.75) is 32.1 Å². The van der Waals surface area contributed by atoms with Gasteiger partial charge in [-0.2, -0.15) is 0 Å². The van der Waals surface area contributed by atoms with Crippen LogP contribution in [0.4, 0.5) is 5.69 Å². The molecule has 0 spiro atoms. The Morgan fingerprint density at radius 1 is 1.23 bits per heavy atom. The van der Waals surface area contributed by atoms with Crippen LogP contribution in [0.2, 0.25) is 5.02 Å². The molecule has 3 aromatic rings. The first-order valence-electron chi connectivity index (χ1n) is 10.7. The highest BCUT2D eigenvalue weighted by Gasteiger charge is 2.26. The number of nitrogens with one attached hydrogen (secondary N) is 2. The van der Waals surface area contributed by atoms with E-state index >= 15 is 0 Å². The average molecular weight is 420 g/mol. The first-order chi connectivity index (χ1) is 14.6. The number of anilines is 1. The summed E-state index contributed by atoms with van der Waals surface area (Å²) in [6.07, 6.45) is 7.87. The molecular formula is C25H26ClN3O. The van der Waals surface area contributed by atoms with Gasteiger partial charge < -0.3 is 10.3 Å². The lowest BCUT2D eigenvalue weighted by Gasteiger charge is -2.29. The number of fused-ring (bicyclic) bond motifs is 2. The number of nitrogens with zero attached hydrogens (tertiary/aromatic N) is 1. The molecule has 2 heterocycles. The molecule has 1 aromatic heterocycles. The standard InChI is InChI=1S/C25H26ClN3O/c1-16(30)28-21-6-4-17-2-3-19(23(17)13-21)15-29-10-8-18(9-11-29)24-14-27-25-12-20(26)5-7-22(24)25/h4-8,12-14,19,27H,2-3,9-11,15H2,1H3,(H,28,30). The first kappa shape index (κ1) is 19.4. The Morgan fingerprint density at radius 3 is 2.93 bits per heavy atom. The Morgan fingerprint density at radius 2 is 2.13 bits per heavy atom. The zero-order chi connectivity index (χ0) is 20.7. The largest absolute Gasteiger partial charge is 0.361 e. The van der Waals surface area contributed by atoms with Gasteiger partial charge in [-0.15, -0.1) is 0 Å². The van der Waals surface area contributed by atoms with Gasteiger partial charge in [0.1, 0.15) is 0 Å². The number of aromatic nitrogens is 1. The van der Waals surface area contributed by atoms with Gasteiger partial charge >= 0.3 is 0 Å². The maximum atomic E-state index is 11.4. The van der Waals surface area contributed by atoms with E-state index < -0.39 is 0 Å². The summed E-state index contributed by atoms with van der Waals surface area (Å²) in [6.45, 7) is 4.69. The lowest BCUT2D eigenvalue weighted by molar-refractivity contribution is -0.114. The lowest BCUT2D eigenvalue weighted by Crippen LogP contribution is -2.32. The second-order valence-electron chi connectivity index (χ2n) is 8.46. The van der Waals surface area contributed by atoms with Gasteiger partial charge in [-0.1, -0.05) is 29.8 Å². The number of aromatic amines is 1. The molecule has 1 unspecified atom stereocenters. The molecule has 1 amide bonds. The van der Waals surface area contributed by atoms with Gasteiger partial charge in [0.2, 0.25) is 5.91 Å². The van der Waals surface area contributed by atoms with Crippen LogP contribution in [0, 0.1) is 0 Å².